The van der Waals surface area contributed by atoms with Crippen LogP contribution >= 0.6 is 12.6 Å². The van der Waals surface area contributed by atoms with Gasteiger partial charge >= 0.3 is 0 Å². The molecule has 0 aliphatic heterocycles. The zero-order valence-electron chi connectivity index (χ0n) is 4.68. The Hall–Kier alpha value is -0.220. The summed E-state index contributed by atoms with van der Waals surface area (Å²) in [5, 5.41) is 2.44. The van der Waals surface area contributed by atoms with Crippen molar-refractivity contribution in [2.45, 2.75) is 0 Å². The van der Waals surface area contributed by atoms with Gasteiger partial charge in [0.2, 0.25) is 5.91 Å². The molecule has 0 aliphatic carbocycles. The first kappa shape index (κ1) is 7.78. The molecule has 0 aromatic carbocycles. The van der Waals surface area contributed by atoms with Gasteiger partial charge in [-0.25, -0.2) is 0 Å². The molecule has 0 atom stereocenters. The Morgan fingerprint density at radius 1 is 1.88 bits per heavy atom. The number of hydrogen-bond acceptors (Lipinski definition) is 3. The van der Waals surface area contributed by atoms with E-state index in [-0.39, 0.29) is 18.4 Å². The highest BCUT2D eigenvalue weighted by atomic mass is 32.1. The first-order valence-corrected chi connectivity index (χ1v) is 2.81. The van der Waals surface area contributed by atoms with Crippen molar-refractivity contribution in [3.05, 3.63) is 0 Å². The summed E-state index contributed by atoms with van der Waals surface area (Å²) in [5.41, 5.74) is 0. The molecule has 0 saturated heterocycles. The zero-order chi connectivity index (χ0) is 6.41. The molecule has 0 aromatic heterocycles. The fraction of sp³-hybridized carbons (Fsp3) is 0.750. The summed E-state index contributed by atoms with van der Waals surface area (Å²) in [5.74, 6) is 0.0961. The van der Waals surface area contributed by atoms with Crippen molar-refractivity contribution >= 4 is 18.5 Å². The lowest BCUT2D eigenvalue weighted by molar-refractivity contribution is -0.119. The average Bonchev–Trinajstić information content (AvgIpc) is 1.83. The third-order valence-electron chi connectivity index (χ3n) is 0.557. The van der Waals surface area contributed by atoms with Gasteiger partial charge in [0.25, 0.3) is 0 Å². The van der Waals surface area contributed by atoms with Crippen molar-refractivity contribution in [2.24, 2.45) is 0 Å². The van der Waals surface area contributed by atoms with Gasteiger partial charge in [0, 0.05) is 7.11 Å². The van der Waals surface area contributed by atoms with Crippen molar-refractivity contribution < 1.29 is 9.53 Å². The van der Waals surface area contributed by atoms with Crippen LogP contribution in [0.5, 0.6) is 0 Å². The fourth-order valence-electron chi connectivity index (χ4n) is 0.209. The SMILES string of the molecule is COCNC(=O)CS. The van der Waals surface area contributed by atoms with Gasteiger partial charge in [-0.3, -0.25) is 4.79 Å². The molecule has 0 saturated carbocycles. The first-order chi connectivity index (χ1) is 3.81. The summed E-state index contributed by atoms with van der Waals surface area (Å²) in [6, 6.07) is 0. The molecule has 0 heterocycles. The summed E-state index contributed by atoms with van der Waals surface area (Å²) >= 11 is 3.72. The smallest absolute Gasteiger partial charge is 0.231 e. The Bertz CT molecular complexity index is 76.4. The molecule has 0 rings (SSSR count). The number of thiol groups is 1. The molecule has 3 nitrogen and oxygen atoms in total. The predicted molar refractivity (Wildman–Crippen MR) is 33.9 cm³/mol. The number of rotatable bonds is 3. The van der Waals surface area contributed by atoms with E-state index < -0.39 is 0 Å². The maximum atomic E-state index is 10.3. The summed E-state index contributed by atoms with van der Waals surface area (Å²) in [4.78, 5) is 10.3. The van der Waals surface area contributed by atoms with Crippen molar-refractivity contribution in [1.29, 1.82) is 0 Å². The van der Waals surface area contributed by atoms with Gasteiger partial charge in [-0.2, -0.15) is 12.6 Å². The molecule has 0 unspecified atom stereocenters. The molecule has 0 aliphatic rings. The van der Waals surface area contributed by atoms with Gasteiger partial charge < -0.3 is 10.1 Å². The number of hydrogen-bond donors (Lipinski definition) is 2. The number of methoxy groups -OCH3 is 1. The summed E-state index contributed by atoms with van der Waals surface area (Å²) < 4.78 is 4.55. The van der Waals surface area contributed by atoms with Crippen LogP contribution < -0.4 is 5.32 Å². The van der Waals surface area contributed by atoms with Crippen LogP contribution in [0.3, 0.4) is 0 Å². The number of carbonyl (C=O) groups is 1. The second-order valence-electron chi connectivity index (χ2n) is 1.19. The highest BCUT2D eigenvalue weighted by Gasteiger charge is 1.91. The van der Waals surface area contributed by atoms with Crippen LogP contribution in [0.2, 0.25) is 0 Å². The first-order valence-electron chi connectivity index (χ1n) is 2.17. The number of ether oxygens (including phenoxy) is 1. The monoisotopic (exact) mass is 135 g/mol. The van der Waals surface area contributed by atoms with Crippen LogP contribution in [-0.2, 0) is 9.53 Å². The van der Waals surface area contributed by atoms with Crippen molar-refractivity contribution in [1.82, 2.24) is 5.32 Å². The van der Waals surface area contributed by atoms with Crippen LogP contribution in [0.4, 0.5) is 0 Å². The molecular formula is C4H9NO2S. The van der Waals surface area contributed by atoms with Gasteiger partial charge in [0.05, 0.1) is 5.75 Å². The third-order valence-corrected chi connectivity index (χ3v) is 0.844. The van der Waals surface area contributed by atoms with Crippen LogP contribution in [-0.4, -0.2) is 25.5 Å². The Morgan fingerprint density at radius 3 is 2.88 bits per heavy atom. The standard InChI is InChI=1S/C4H9NO2S/c1-7-3-5-4(6)2-8/h8H,2-3H2,1H3,(H,5,6). The molecule has 0 aromatic rings. The molecule has 48 valence electrons. The summed E-state index contributed by atoms with van der Waals surface area (Å²) in [7, 11) is 1.51. The van der Waals surface area contributed by atoms with E-state index in [0.29, 0.717) is 0 Å². The van der Waals surface area contributed by atoms with E-state index in [2.05, 4.69) is 22.7 Å². The summed E-state index contributed by atoms with van der Waals surface area (Å²) in [6.45, 7) is 0.263. The van der Waals surface area contributed by atoms with Gasteiger partial charge in [-0.1, -0.05) is 0 Å². The molecule has 0 radical (unpaired) electrons. The minimum atomic E-state index is -0.116. The third kappa shape index (κ3) is 3.95. The van der Waals surface area contributed by atoms with Crippen LogP contribution in [0.15, 0.2) is 0 Å². The van der Waals surface area contributed by atoms with E-state index in [1.54, 1.807) is 0 Å². The van der Waals surface area contributed by atoms with Gasteiger partial charge in [0.15, 0.2) is 0 Å². The van der Waals surface area contributed by atoms with Gasteiger partial charge in [0.1, 0.15) is 6.73 Å². The van der Waals surface area contributed by atoms with Crippen LogP contribution in [0.1, 0.15) is 0 Å². The van der Waals surface area contributed by atoms with E-state index in [4.69, 9.17) is 0 Å². The topological polar surface area (TPSA) is 38.3 Å². The molecule has 1 N–H and O–H groups in total. The minimum Gasteiger partial charge on any atom is -0.364 e. The minimum absolute atomic E-state index is 0.116. The number of amides is 1. The Kier molecular flexibility index (Phi) is 4.79. The lowest BCUT2D eigenvalue weighted by Crippen LogP contribution is -2.26. The second-order valence-corrected chi connectivity index (χ2v) is 1.51. The molecular weight excluding hydrogens is 126 g/mol. The normalized spacial score (nSPS) is 8.75. The Morgan fingerprint density at radius 2 is 2.50 bits per heavy atom. The largest absolute Gasteiger partial charge is 0.364 e. The maximum absolute atomic E-state index is 10.3. The van der Waals surface area contributed by atoms with E-state index in [1.807, 2.05) is 0 Å². The van der Waals surface area contributed by atoms with Crippen molar-refractivity contribution in [3.8, 4) is 0 Å². The lowest BCUT2D eigenvalue weighted by Gasteiger charge is -1.97. The molecule has 4 heteroatoms. The number of nitrogens with one attached hydrogen (secondary N) is 1. The van der Waals surface area contributed by atoms with E-state index in [9.17, 15) is 4.79 Å². The average molecular weight is 135 g/mol. The maximum Gasteiger partial charge on any atom is 0.231 e. The highest BCUT2D eigenvalue weighted by molar-refractivity contribution is 7.81. The molecule has 8 heavy (non-hydrogen) atoms. The number of carbonyl (C=O) groups excluding carboxylic acids is 1. The lowest BCUT2D eigenvalue weighted by atomic mass is 10.7. The second kappa shape index (κ2) is 4.93. The van der Waals surface area contributed by atoms with Gasteiger partial charge in [-0.15, -0.1) is 0 Å². The quantitative estimate of drug-likeness (QED) is 0.409. The van der Waals surface area contributed by atoms with Crippen molar-refractivity contribution in [2.75, 3.05) is 19.6 Å². The van der Waals surface area contributed by atoms with Crippen molar-refractivity contribution in [3.63, 3.8) is 0 Å². The summed E-state index contributed by atoms with van der Waals surface area (Å²) in [6.07, 6.45) is 0. The van der Waals surface area contributed by atoms with Crippen LogP contribution in [0, 0.1) is 0 Å². The van der Waals surface area contributed by atoms with E-state index in [1.165, 1.54) is 7.11 Å². The molecule has 0 bridgehead atoms. The molecule has 0 fully saturated rings. The highest BCUT2D eigenvalue weighted by Crippen LogP contribution is 1.71. The van der Waals surface area contributed by atoms with Gasteiger partial charge in [-0.05, 0) is 0 Å². The Labute approximate surface area is 53.8 Å². The fourth-order valence-corrected chi connectivity index (χ4v) is 0.320. The van der Waals surface area contributed by atoms with E-state index >= 15 is 0 Å². The zero-order valence-corrected chi connectivity index (χ0v) is 5.57. The Balaban J connectivity index is 2.99. The molecule has 1 amide bonds. The molecule has 0 spiro atoms. The van der Waals surface area contributed by atoms with Crippen LogP contribution in [0.25, 0.3) is 0 Å². The van der Waals surface area contributed by atoms with E-state index in [0.717, 1.165) is 0 Å². The predicted octanol–water partition coefficient (Wildman–Crippen LogP) is -0.364.